The van der Waals surface area contributed by atoms with Crippen molar-refractivity contribution < 1.29 is 14.3 Å². The summed E-state index contributed by atoms with van der Waals surface area (Å²) in [6, 6.07) is 2.45. The van der Waals surface area contributed by atoms with Gasteiger partial charge in [-0.3, -0.25) is 4.79 Å². The van der Waals surface area contributed by atoms with Crippen molar-refractivity contribution in [1.82, 2.24) is 9.78 Å². The van der Waals surface area contributed by atoms with Gasteiger partial charge in [-0.1, -0.05) is 0 Å². The molecule has 5 nitrogen and oxygen atoms in total. The highest BCUT2D eigenvalue weighted by Crippen LogP contribution is 2.02. The number of rotatable bonds is 2. The Kier molecular flexibility index (Phi) is 2.41. The lowest BCUT2D eigenvalue weighted by Gasteiger charge is -2.05. The first kappa shape index (κ1) is 9.37. The zero-order valence-electron chi connectivity index (χ0n) is 6.77. The average Bonchev–Trinajstić information content (AvgIpc) is 2.08. The maximum atomic E-state index is 12.8. The molecular formula is C7H7FN2O3. The highest BCUT2D eigenvalue weighted by Gasteiger charge is 2.19. The van der Waals surface area contributed by atoms with Gasteiger partial charge < -0.3 is 5.11 Å². The van der Waals surface area contributed by atoms with Crippen molar-refractivity contribution in [2.45, 2.75) is 13.2 Å². The monoisotopic (exact) mass is 186 g/mol. The van der Waals surface area contributed by atoms with Gasteiger partial charge in [-0.2, -0.15) is 9.78 Å². The van der Waals surface area contributed by atoms with E-state index >= 15 is 0 Å². The predicted molar refractivity (Wildman–Crippen MR) is 41.0 cm³/mol. The molecular weight excluding hydrogens is 179 g/mol. The quantitative estimate of drug-likeness (QED) is 0.711. The Morgan fingerprint density at radius 2 is 2.31 bits per heavy atom. The van der Waals surface area contributed by atoms with Crippen molar-refractivity contribution in [3.05, 3.63) is 28.2 Å². The van der Waals surface area contributed by atoms with Crippen LogP contribution in [-0.2, 0) is 4.79 Å². The van der Waals surface area contributed by atoms with Gasteiger partial charge in [0.05, 0.1) is 5.69 Å². The molecule has 0 aliphatic carbocycles. The number of aryl methyl sites for hydroxylation is 1. The Morgan fingerprint density at radius 1 is 1.69 bits per heavy atom. The van der Waals surface area contributed by atoms with Gasteiger partial charge in [0, 0.05) is 6.07 Å². The van der Waals surface area contributed by atoms with Crippen LogP contribution in [0.5, 0.6) is 0 Å². The van der Waals surface area contributed by atoms with Crippen LogP contribution in [0.2, 0.25) is 0 Å². The van der Waals surface area contributed by atoms with Gasteiger partial charge in [-0.05, 0) is 13.0 Å². The molecule has 0 saturated carbocycles. The van der Waals surface area contributed by atoms with Crippen molar-refractivity contribution in [1.29, 1.82) is 0 Å². The summed E-state index contributed by atoms with van der Waals surface area (Å²) in [7, 11) is 0. The Hall–Kier alpha value is -1.72. The Bertz CT molecular complexity index is 388. The van der Waals surface area contributed by atoms with Crippen molar-refractivity contribution in [2.75, 3.05) is 0 Å². The van der Waals surface area contributed by atoms with Crippen LogP contribution in [0.4, 0.5) is 4.39 Å². The molecule has 0 aliphatic rings. The minimum atomic E-state index is -2.42. The smallest absolute Gasteiger partial charge is 0.361 e. The summed E-state index contributed by atoms with van der Waals surface area (Å²) in [6.45, 7) is 1.53. The minimum absolute atomic E-state index is 0.289. The summed E-state index contributed by atoms with van der Waals surface area (Å²) in [4.78, 5) is 21.1. The number of aromatic nitrogens is 2. The van der Waals surface area contributed by atoms with Gasteiger partial charge in [-0.25, -0.2) is 9.18 Å². The molecule has 0 aliphatic heterocycles. The molecule has 1 unspecified atom stereocenters. The standard InChI is InChI=1S/C7H7FN2O3/c1-4-2-3-5(11)10(9-4)6(8)7(12)13/h2-3,6H,1H3,(H,12,13). The summed E-state index contributed by atoms with van der Waals surface area (Å²) in [5, 5.41) is 11.7. The van der Waals surface area contributed by atoms with Crippen molar-refractivity contribution in [3.8, 4) is 0 Å². The number of carbonyl (C=O) groups is 1. The summed E-state index contributed by atoms with van der Waals surface area (Å²) in [5.74, 6) is -1.74. The average molecular weight is 186 g/mol. The van der Waals surface area contributed by atoms with Gasteiger partial charge >= 0.3 is 5.97 Å². The SMILES string of the molecule is Cc1ccc(=O)n(C(F)C(=O)O)n1. The first-order valence-corrected chi connectivity index (χ1v) is 3.45. The molecule has 0 spiro atoms. The minimum Gasteiger partial charge on any atom is -0.478 e. The van der Waals surface area contributed by atoms with Crippen molar-refractivity contribution in [2.24, 2.45) is 0 Å². The molecule has 1 atom stereocenters. The molecule has 1 aromatic rings. The second-order valence-electron chi connectivity index (χ2n) is 2.43. The summed E-state index contributed by atoms with van der Waals surface area (Å²) in [6.07, 6.45) is -2.42. The lowest BCUT2D eigenvalue weighted by atomic mass is 10.4. The van der Waals surface area contributed by atoms with E-state index in [1.807, 2.05) is 0 Å². The third-order valence-electron chi connectivity index (χ3n) is 1.38. The molecule has 0 aromatic carbocycles. The number of carboxylic acid groups (broad SMARTS) is 1. The van der Waals surface area contributed by atoms with E-state index in [4.69, 9.17) is 5.11 Å². The first-order chi connectivity index (χ1) is 6.02. The maximum absolute atomic E-state index is 12.8. The molecule has 1 heterocycles. The fourth-order valence-corrected chi connectivity index (χ4v) is 0.788. The molecule has 13 heavy (non-hydrogen) atoms. The molecule has 1 rings (SSSR count). The molecule has 0 bridgehead atoms. The van der Waals surface area contributed by atoms with Crippen LogP contribution in [0, 0.1) is 6.92 Å². The van der Waals surface area contributed by atoms with E-state index in [0.717, 1.165) is 6.07 Å². The van der Waals surface area contributed by atoms with Gasteiger partial charge in [0.25, 0.3) is 11.9 Å². The molecule has 0 amide bonds. The second kappa shape index (κ2) is 3.34. The number of aliphatic carboxylic acids is 1. The zero-order chi connectivity index (χ0) is 10.0. The number of alkyl halides is 1. The first-order valence-electron chi connectivity index (χ1n) is 3.45. The Morgan fingerprint density at radius 3 is 2.85 bits per heavy atom. The molecule has 0 radical (unpaired) electrons. The number of nitrogens with zero attached hydrogens (tertiary/aromatic N) is 2. The van der Waals surface area contributed by atoms with Crippen molar-refractivity contribution in [3.63, 3.8) is 0 Å². The number of hydrogen-bond acceptors (Lipinski definition) is 3. The fraction of sp³-hybridized carbons (Fsp3) is 0.286. The van der Waals surface area contributed by atoms with E-state index in [-0.39, 0.29) is 4.68 Å². The van der Waals surface area contributed by atoms with Crippen LogP contribution in [0.1, 0.15) is 12.0 Å². The van der Waals surface area contributed by atoms with Crippen LogP contribution >= 0.6 is 0 Å². The largest absolute Gasteiger partial charge is 0.478 e. The van der Waals surface area contributed by atoms with E-state index in [0.29, 0.717) is 5.69 Å². The molecule has 1 N–H and O–H groups in total. The van der Waals surface area contributed by atoms with Crippen LogP contribution in [-0.4, -0.2) is 20.9 Å². The molecule has 70 valence electrons. The van der Waals surface area contributed by atoms with E-state index in [1.165, 1.54) is 13.0 Å². The topological polar surface area (TPSA) is 72.2 Å². The Balaban J connectivity index is 3.21. The lowest BCUT2D eigenvalue weighted by molar-refractivity contribution is -0.147. The summed E-state index contributed by atoms with van der Waals surface area (Å²) in [5.41, 5.74) is -0.399. The normalized spacial score (nSPS) is 12.5. The zero-order valence-corrected chi connectivity index (χ0v) is 6.77. The molecule has 0 fully saturated rings. The van der Waals surface area contributed by atoms with Crippen molar-refractivity contribution >= 4 is 5.97 Å². The van der Waals surface area contributed by atoms with Crippen LogP contribution < -0.4 is 5.56 Å². The van der Waals surface area contributed by atoms with Gasteiger partial charge in [0.15, 0.2) is 0 Å². The van der Waals surface area contributed by atoms with Gasteiger partial charge in [0.1, 0.15) is 0 Å². The van der Waals surface area contributed by atoms with Crippen LogP contribution in [0.15, 0.2) is 16.9 Å². The third kappa shape index (κ3) is 1.90. The molecule has 0 saturated heterocycles. The van der Waals surface area contributed by atoms with Gasteiger partial charge in [-0.15, -0.1) is 0 Å². The third-order valence-corrected chi connectivity index (χ3v) is 1.38. The highest BCUT2D eigenvalue weighted by molar-refractivity contribution is 5.69. The Labute approximate surface area is 72.4 Å². The number of carboxylic acids is 1. The highest BCUT2D eigenvalue weighted by atomic mass is 19.1. The molecule has 1 aromatic heterocycles. The fourth-order valence-electron chi connectivity index (χ4n) is 0.788. The maximum Gasteiger partial charge on any atom is 0.361 e. The summed E-state index contributed by atoms with van der Waals surface area (Å²) >= 11 is 0. The second-order valence-corrected chi connectivity index (χ2v) is 2.43. The van der Waals surface area contributed by atoms with E-state index in [9.17, 15) is 14.0 Å². The lowest BCUT2D eigenvalue weighted by Crippen LogP contribution is -2.29. The van der Waals surface area contributed by atoms with E-state index < -0.39 is 17.8 Å². The van der Waals surface area contributed by atoms with E-state index in [2.05, 4.69) is 5.10 Å². The van der Waals surface area contributed by atoms with E-state index in [1.54, 1.807) is 0 Å². The number of halogens is 1. The number of hydrogen-bond donors (Lipinski definition) is 1. The van der Waals surface area contributed by atoms with Crippen LogP contribution in [0.3, 0.4) is 0 Å². The summed E-state index contributed by atoms with van der Waals surface area (Å²) < 4.78 is 13.1. The molecule has 6 heteroatoms. The van der Waals surface area contributed by atoms with Crippen LogP contribution in [0.25, 0.3) is 0 Å². The predicted octanol–water partition coefficient (Wildman–Crippen LogP) is 0.104. The van der Waals surface area contributed by atoms with Gasteiger partial charge in [0.2, 0.25) is 0 Å².